The van der Waals surface area contributed by atoms with Crippen molar-refractivity contribution in [1.82, 2.24) is 9.55 Å². The first-order chi connectivity index (χ1) is 13.0. The molecule has 5 atom stereocenters. The van der Waals surface area contributed by atoms with Gasteiger partial charge < -0.3 is 19.5 Å². The highest BCUT2D eigenvalue weighted by molar-refractivity contribution is 7.47. The predicted molar refractivity (Wildman–Crippen MR) is 93.7 cm³/mol. The largest absolute Gasteiger partial charge is 0.471 e. The van der Waals surface area contributed by atoms with Gasteiger partial charge in [0.1, 0.15) is 27.9 Å². The minimum Gasteiger partial charge on any atom is -0.387 e. The third-order valence-electron chi connectivity index (χ3n) is 3.79. The van der Waals surface area contributed by atoms with E-state index in [-0.39, 0.29) is 19.6 Å². The number of H-pyrrole nitrogens is 1. The Balaban J connectivity index is 2.13. The summed E-state index contributed by atoms with van der Waals surface area (Å²) in [6.45, 7) is 0.0207. The van der Waals surface area contributed by atoms with Crippen molar-refractivity contribution in [1.29, 1.82) is 0 Å². The number of aromatic nitrogens is 2. The number of aliphatic hydroxyl groups excluding tert-OH is 1. The summed E-state index contributed by atoms with van der Waals surface area (Å²) in [5, 5.41) is 7.40. The van der Waals surface area contributed by atoms with Gasteiger partial charge >= 0.3 is 13.5 Å². The van der Waals surface area contributed by atoms with Crippen molar-refractivity contribution in [2.75, 3.05) is 20.3 Å². The van der Waals surface area contributed by atoms with Crippen LogP contribution >= 0.6 is 7.82 Å². The fourth-order valence-corrected chi connectivity index (χ4v) is 3.44. The van der Waals surface area contributed by atoms with Gasteiger partial charge in [0, 0.05) is 31.4 Å². The fourth-order valence-electron chi connectivity index (χ4n) is 2.52. The third kappa shape index (κ3) is 5.41. The normalized spacial score (nSPS) is 27.6. The number of phosphoric acid groups is 1. The van der Waals surface area contributed by atoms with Crippen LogP contribution in [-0.2, 0) is 23.1 Å². The molecule has 5 unspecified atom stereocenters. The Morgan fingerprint density at radius 1 is 1.43 bits per heavy atom. The van der Waals surface area contributed by atoms with Crippen LogP contribution in [0.1, 0.15) is 12.6 Å². The fraction of sp³-hybridized carbons (Fsp3) is 0.692. The molecule has 1 aliphatic heterocycles. The predicted octanol–water partition coefficient (Wildman–Crippen LogP) is -1.71. The number of methoxy groups -OCH3 is 1. The summed E-state index contributed by atoms with van der Waals surface area (Å²) >= 11 is 0. The number of aromatic amines is 1. The molecule has 1 aromatic rings. The van der Waals surface area contributed by atoms with E-state index in [0.717, 1.165) is 12.3 Å². The average Bonchev–Trinajstić information content (AvgIpc) is 2.87. The molecule has 3 N–H and O–H groups in total. The van der Waals surface area contributed by atoms with Crippen molar-refractivity contribution in [2.45, 2.75) is 36.4 Å². The number of nitrogens with zero attached hydrogens (tertiary/aromatic N) is 1. The van der Waals surface area contributed by atoms with Crippen LogP contribution in [0, 0.1) is 0 Å². The van der Waals surface area contributed by atoms with Crippen LogP contribution in [0.3, 0.4) is 0 Å². The molecule has 0 aliphatic carbocycles. The minimum absolute atomic E-state index is 0.229. The van der Waals surface area contributed by atoms with Gasteiger partial charge in [-0.25, -0.2) is 13.8 Å². The van der Waals surface area contributed by atoms with Gasteiger partial charge in [-0.2, -0.15) is 0 Å². The number of ether oxygens (including phenoxy) is 2. The van der Waals surface area contributed by atoms with Crippen LogP contribution in [0.5, 0.6) is 0 Å². The minimum atomic E-state index is -4.80. The molecular weight excluding hydrogens is 400 g/mol. The van der Waals surface area contributed by atoms with Crippen molar-refractivity contribution < 1.29 is 37.5 Å². The monoisotopic (exact) mass is 418 g/mol. The van der Waals surface area contributed by atoms with Gasteiger partial charge in [-0.05, 0) is 6.42 Å². The lowest BCUT2D eigenvalue weighted by molar-refractivity contribution is -0.0741. The molecule has 0 bridgehead atoms. The highest BCUT2D eigenvalue weighted by atomic mass is 31.2. The van der Waals surface area contributed by atoms with E-state index in [9.17, 15) is 28.5 Å². The maximum absolute atomic E-state index is 14.5. The lowest BCUT2D eigenvalue weighted by Gasteiger charge is -2.34. The second-order valence-corrected chi connectivity index (χ2v) is 7.37. The highest BCUT2D eigenvalue weighted by Gasteiger charge is 2.53. The van der Waals surface area contributed by atoms with E-state index in [2.05, 4.69) is 9.05 Å². The molecule has 1 saturated heterocycles. The van der Waals surface area contributed by atoms with Gasteiger partial charge in [0.05, 0.1) is 6.61 Å². The van der Waals surface area contributed by atoms with E-state index in [1.54, 1.807) is 0 Å². The molecule has 2 rings (SSSR count). The zero-order valence-corrected chi connectivity index (χ0v) is 15.7. The Morgan fingerprint density at radius 3 is 2.71 bits per heavy atom. The number of rotatable bonds is 9. The van der Waals surface area contributed by atoms with E-state index in [4.69, 9.17) is 25.2 Å². The Hall–Kier alpha value is -1.27. The molecule has 1 aliphatic rings. The number of hydrogen-bond donors (Lipinski definition) is 3. The lowest BCUT2D eigenvalue weighted by atomic mass is 9.61. The molecule has 1 fully saturated rings. The van der Waals surface area contributed by atoms with Crippen molar-refractivity contribution in [3.8, 4) is 0 Å². The molecule has 4 radical (unpaired) electrons. The smallest absolute Gasteiger partial charge is 0.387 e. The van der Waals surface area contributed by atoms with Crippen molar-refractivity contribution in [3.05, 3.63) is 33.1 Å². The standard InChI is InChI=1S/C13H18B2FN2O9P/c1-24-5-2-6-25-28(22,23)27-13(14,15)10-9(20)8(16)11(26-10)18-4-3-7(19)17-12(18)21/h3-4,8-11,20H,2,5-6H2,1H3,(H,22,23)(H,17,19,21). The maximum atomic E-state index is 14.5. The molecule has 11 nitrogen and oxygen atoms in total. The third-order valence-corrected chi connectivity index (χ3v) is 4.84. The van der Waals surface area contributed by atoms with Crippen molar-refractivity contribution in [2.24, 2.45) is 0 Å². The summed E-state index contributed by atoms with van der Waals surface area (Å²) in [6, 6.07) is 0.932. The molecule has 0 aromatic carbocycles. The number of alkyl halides is 1. The van der Waals surface area contributed by atoms with Crippen molar-refractivity contribution in [3.63, 3.8) is 0 Å². The molecule has 0 saturated carbocycles. The molecule has 28 heavy (non-hydrogen) atoms. The quantitative estimate of drug-likeness (QED) is 0.242. The summed E-state index contributed by atoms with van der Waals surface area (Å²) < 4.78 is 46.3. The van der Waals surface area contributed by atoms with Gasteiger partial charge in [0.25, 0.3) is 5.56 Å². The van der Waals surface area contributed by atoms with Crippen LogP contribution in [0.2, 0.25) is 0 Å². The first-order valence-electron chi connectivity index (χ1n) is 8.02. The van der Waals surface area contributed by atoms with E-state index in [1.807, 2.05) is 4.98 Å². The molecular formula is C13H18B2FN2O9P. The number of hydrogen-bond acceptors (Lipinski definition) is 8. The van der Waals surface area contributed by atoms with Gasteiger partial charge in [-0.15, -0.1) is 0 Å². The Kier molecular flexibility index (Phi) is 7.43. The molecule has 152 valence electrons. The van der Waals surface area contributed by atoms with Crippen LogP contribution in [0.25, 0.3) is 0 Å². The van der Waals surface area contributed by atoms with Crippen molar-refractivity contribution >= 4 is 23.5 Å². The van der Waals surface area contributed by atoms with Gasteiger partial charge in [-0.1, -0.05) is 0 Å². The SMILES string of the molecule is [B]C([B])(OP(=O)(O)OCCCOC)C1OC(n2ccc(=O)[nH]c2=O)C(F)C1O. The second kappa shape index (κ2) is 9.04. The first kappa shape index (κ1) is 23.0. The first-order valence-corrected chi connectivity index (χ1v) is 9.52. The van der Waals surface area contributed by atoms with Gasteiger partial charge in [0.15, 0.2) is 12.4 Å². The van der Waals surface area contributed by atoms with E-state index in [0.29, 0.717) is 4.57 Å². The summed E-state index contributed by atoms with van der Waals surface area (Å²) in [6.07, 6.45) is -6.61. The number of phosphoric ester groups is 1. The van der Waals surface area contributed by atoms with Crippen LogP contribution < -0.4 is 11.2 Å². The van der Waals surface area contributed by atoms with E-state index < -0.39 is 49.1 Å². The Morgan fingerprint density at radius 2 is 2.11 bits per heavy atom. The highest BCUT2D eigenvalue weighted by Crippen LogP contribution is 2.49. The zero-order chi connectivity index (χ0) is 21.1. The maximum Gasteiger partial charge on any atom is 0.471 e. The summed E-state index contributed by atoms with van der Waals surface area (Å²) in [5.41, 5.74) is -1.74. The van der Waals surface area contributed by atoms with Crippen LogP contribution in [-0.4, -0.2) is 79.3 Å². The Bertz CT molecular complexity index is 835. The topological polar surface area (TPSA) is 149 Å². The lowest BCUT2D eigenvalue weighted by Crippen LogP contribution is -2.51. The van der Waals surface area contributed by atoms with E-state index >= 15 is 0 Å². The summed E-state index contributed by atoms with van der Waals surface area (Å²) in [4.78, 5) is 34.5. The van der Waals surface area contributed by atoms with Crippen LogP contribution in [0.15, 0.2) is 21.9 Å². The number of aliphatic hydroxyl groups is 1. The molecule has 0 amide bonds. The zero-order valence-electron chi connectivity index (χ0n) is 14.8. The van der Waals surface area contributed by atoms with Gasteiger partial charge in [-0.3, -0.25) is 23.4 Å². The van der Waals surface area contributed by atoms with Crippen LogP contribution in [0.4, 0.5) is 4.39 Å². The summed E-state index contributed by atoms with van der Waals surface area (Å²) in [5.74, 6) is 0. The summed E-state index contributed by atoms with van der Waals surface area (Å²) in [7, 11) is 7.86. The number of nitrogens with one attached hydrogen (secondary N) is 1. The van der Waals surface area contributed by atoms with Gasteiger partial charge in [0.2, 0.25) is 0 Å². The second-order valence-electron chi connectivity index (χ2n) is 5.99. The molecule has 15 heteroatoms. The van der Waals surface area contributed by atoms with E-state index in [1.165, 1.54) is 7.11 Å². The number of halogens is 1. The molecule has 1 aromatic heterocycles. The molecule has 0 spiro atoms. The average molecular weight is 418 g/mol. The molecule has 2 heterocycles. The Labute approximate surface area is 161 Å².